The molecule has 0 saturated carbocycles. The third-order valence-electron chi connectivity index (χ3n) is 4.77. The number of imidazole rings is 1. The largest absolute Gasteiger partial charge is 0.334 e. The van der Waals surface area contributed by atoms with E-state index in [9.17, 15) is 14.9 Å². The number of benzene rings is 2. The summed E-state index contributed by atoms with van der Waals surface area (Å²) in [6, 6.07) is 11.2. The van der Waals surface area contributed by atoms with Crippen molar-refractivity contribution in [1.29, 1.82) is 0 Å². The normalized spacial score (nSPS) is 13.0. The number of nitrogens with one attached hydrogen (secondary N) is 1. The molecule has 0 bridgehead atoms. The molecule has 0 radical (unpaired) electrons. The highest BCUT2D eigenvalue weighted by Gasteiger charge is 2.18. The molecule has 8 heteroatoms. The summed E-state index contributed by atoms with van der Waals surface area (Å²) in [5.41, 5.74) is 2.24. The molecule has 1 aliphatic heterocycles. The Morgan fingerprint density at radius 2 is 2.04 bits per heavy atom. The first-order chi connectivity index (χ1) is 13.5. The zero-order valence-corrected chi connectivity index (χ0v) is 15.6. The Bertz CT molecular complexity index is 1050. The summed E-state index contributed by atoms with van der Waals surface area (Å²) in [6.45, 7) is 0.954. The molecule has 1 aromatic heterocycles. The van der Waals surface area contributed by atoms with Crippen molar-refractivity contribution in [3.63, 3.8) is 0 Å². The van der Waals surface area contributed by atoms with Gasteiger partial charge in [0.1, 0.15) is 5.82 Å². The molecule has 4 rings (SSSR count). The zero-order chi connectivity index (χ0) is 19.7. The minimum atomic E-state index is -0.552. The molecule has 1 N–H and O–H groups in total. The number of amides is 1. The summed E-state index contributed by atoms with van der Waals surface area (Å²) < 4.78 is 2.16. The number of hydrogen-bond donors (Lipinski definition) is 1. The molecule has 0 saturated heterocycles. The van der Waals surface area contributed by atoms with Gasteiger partial charge in [0.25, 0.3) is 11.6 Å². The summed E-state index contributed by atoms with van der Waals surface area (Å²) in [4.78, 5) is 27.7. The van der Waals surface area contributed by atoms with Crippen molar-refractivity contribution in [2.75, 3.05) is 5.32 Å². The average Bonchev–Trinajstić information content (AvgIpc) is 3.12. The van der Waals surface area contributed by atoms with Crippen LogP contribution >= 0.6 is 11.6 Å². The Hall–Kier alpha value is -3.19. The molecule has 0 aliphatic carbocycles. The first-order valence-electron chi connectivity index (χ1n) is 8.93. The van der Waals surface area contributed by atoms with Gasteiger partial charge in [0.15, 0.2) is 0 Å². The standard InChI is InChI=1S/C20H17ClN4O3/c21-16-11-13(25(27)28)8-9-14(16)20(26)23-17-6-2-1-5-15(17)18-12-24-10-4-3-7-19(24)22-18/h1-2,5-6,8-9,11-12H,3-4,7,10H2,(H,23,26). The predicted octanol–water partition coefficient (Wildman–Crippen LogP) is 4.70. The van der Waals surface area contributed by atoms with Gasteiger partial charge in [0.2, 0.25) is 0 Å². The maximum atomic E-state index is 12.7. The van der Waals surface area contributed by atoms with Gasteiger partial charge in [0.05, 0.1) is 26.9 Å². The molecule has 142 valence electrons. The lowest BCUT2D eigenvalue weighted by Crippen LogP contribution is -2.13. The van der Waals surface area contributed by atoms with Gasteiger partial charge in [-0.1, -0.05) is 29.8 Å². The van der Waals surface area contributed by atoms with E-state index in [1.54, 1.807) is 6.07 Å². The number of fused-ring (bicyclic) bond motifs is 1. The number of para-hydroxylation sites is 1. The first-order valence-corrected chi connectivity index (χ1v) is 9.31. The van der Waals surface area contributed by atoms with E-state index in [2.05, 4.69) is 9.88 Å². The van der Waals surface area contributed by atoms with Crippen molar-refractivity contribution in [1.82, 2.24) is 9.55 Å². The van der Waals surface area contributed by atoms with Gasteiger partial charge in [-0.2, -0.15) is 0 Å². The zero-order valence-electron chi connectivity index (χ0n) is 14.9. The minimum Gasteiger partial charge on any atom is -0.334 e. The molecule has 2 heterocycles. The number of hydrogen-bond acceptors (Lipinski definition) is 4. The molecule has 0 fully saturated rings. The lowest BCUT2D eigenvalue weighted by molar-refractivity contribution is -0.384. The number of rotatable bonds is 4. The average molecular weight is 397 g/mol. The maximum absolute atomic E-state index is 12.7. The summed E-state index contributed by atoms with van der Waals surface area (Å²) in [5, 5.41) is 13.7. The number of nitro groups is 1. The van der Waals surface area contributed by atoms with Gasteiger partial charge in [0, 0.05) is 36.9 Å². The van der Waals surface area contributed by atoms with E-state index >= 15 is 0 Å². The van der Waals surface area contributed by atoms with Crippen LogP contribution in [0.5, 0.6) is 0 Å². The fourth-order valence-corrected chi connectivity index (χ4v) is 3.61. The number of carbonyl (C=O) groups excluding carboxylic acids is 1. The number of nitro benzene ring substituents is 1. The minimum absolute atomic E-state index is 0.0293. The third-order valence-corrected chi connectivity index (χ3v) is 5.08. The van der Waals surface area contributed by atoms with Crippen molar-refractivity contribution in [2.45, 2.75) is 25.8 Å². The SMILES string of the molecule is O=C(Nc1ccccc1-c1cn2c(n1)CCCC2)c1ccc([N+](=O)[O-])cc1Cl. The van der Waals surface area contributed by atoms with Crippen molar-refractivity contribution in [3.05, 3.63) is 75.2 Å². The summed E-state index contributed by atoms with van der Waals surface area (Å²) in [5.74, 6) is 0.622. The van der Waals surface area contributed by atoms with Crippen LogP contribution in [0.3, 0.4) is 0 Å². The highest BCUT2D eigenvalue weighted by atomic mass is 35.5. The van der Waals surface area contributed by atoms with Crippen molar-refractivity contribution in [2.24, 2.45) is 0 Å². The van der Waals surface area contributed by atoms with E-state index in [0.29, 0.717) is 5.69 Å². The van der Waals surface area contributed by atoms with E-state index in [4.69, 9.17) is 16.6 Å². The van der Waals surface area contributed by atoms with Crippen LogP contribution in [0.1, 0.15) is 29.0 Å². The number of carbonyl (C=O) groups is 1. The predicted molar refractivity (Wildman–Crippen MR) is 107 cm³/mol. The molecule has 28 heavy (non-hydrogen) atoms. The smallest absolute Gasteiger partial charge is 0.270 e. The topological polar surface area (TPSA) is 90.1 Å². The van der Waals surface area contributed by atoms with Crippen molar-refractivity contribution >= 4 is 28.9 Å². The van der Waals surface area contributed by atoms with Crippen LogP contribution in [0, 0.1) is 10.1 Å². The van der Waals surface area contributed by atoms with E-state index in [1.807, 2.05) is 24.4 Å². The Morgan fingerprint density at radius 3 is 2.79 bits per heavy atom. The van der Waals surface area contributed by atoms with Gasteiger partial charge in [-0.3, -0.25) is 14.9 Å². The van der Waals surface area contributed by atoms with Gasteiger partial charge in [-0.25, -0.2) is 4.98 Å². The highest BCUT2D eigenvalue weighted by molar-refractivity contribution is 6.34. The third kappa shape index (κ3) is 3.48. The number of aromatic nitrogens is 2. The first kappa shape index (κ1) is 18.2. The Morgan fingerprint density at radius 1 is 1.21 bits per heavy atom. The fraction of sp³-hybridized carbons (Fsp3) is 0.200. The number of non-ortho nitro benzene ring substituents is 1. The molecule has 0 atom stereocenters. The molecule has 0 spiro atoms. The molecule has 2 aromatic carbocycles. The molecule has 3 aromatic rings. The second-order valence-corrected chi connectivity index (χ2v) is 7.02. The van der Waals surface area contributed by atoms with E-state index in [0.717, 1.165) is 42.9 Å². The monoisotopic (exact) mass is 396 g/mol. The summed E-state index contributed by atoms with van der Waals surface area (Å²) >= 11 is 6.08. The molecule has 0 unspecified atom stereocenters. The van der Waals surface area contributed by atoms with Gasteiger partial charge in [-0.15, -0.1) is 0 Å². The molecule has 7 nitrogen and oxygen atoms in total. The van der Waals surface area contributed by atoms with E-state index in [1.165, 1.54) is 18.2 Å². The van der Waals surface area contributed by atoms with Crippen LogP contribution in [0.15, 0.2) is 48.7 Å². The van der Waals surface area contributed by atoms with Crippen LogP contribution in [0.25, 0.3) is 11.3 Å². The highest BCUT2D eigenvalue weighted by Crippen LogP contribution is 2.30. The Balaban J connectivity index is 1.63. The molecular weight excluding hydrogens is 380 g/mol. The van der Waals surface area contributed by atoms with Crippen molar-refractivity contribution < 1.29 is 9.72 Å². The Kier molecular flexibility index (Phi) is 4.83. The number of halogens is 1. The number of nitrogens with zero attached hydrogens (tertiary/aromatic N) is 3. The quantitative estimate of drug-likeness (QED) is 0.511. The number of aryl methyl sites for hydroxylation is 2. The second kappa shape index (κ2) is 7.44. The van der Waals surface area contributed by atoms with Crippen molar-refractivity contribution in [3.8, 4) is 11.3 Å². The lowest BCUT2D eigenvalue weighted by Gasteiger charge is -2.11. The lowest BCUT2D eigenvalue weighted by atomic mass is 10.1. The molecule has 1 aliphatic rings. The van der Waals surface area contributed by atoms with Gasteiger partial charge in [-0.05, 0) is 25.0 Å². The van der Waals surface area contributed by atoms with Crippen LogP contribution < -0.4 is 5.32 Å². The van der Waals surface area contributed by atoms with Gasteiger partial charge < -0.3 is 9.88 Å². The maximum Gasteiger partial charge on any atom is 0.270 e. The van der Waals surface area contributed by atoms with Crippen LogP contribution in [-0.4, -0.2) is 20.4 Å². The molecular formula is C20H17ClN4O3. The van der Waals surface area contributed by atoms with Crippen LogP contribution in [0.2, 0.25) is 5.02 Å². The second-order valence-electron chi connectivity index (χ2n) is 6.61. The number of anilines is 1. The Labute approximate surface area is 166 Å². The van der Waals surface area contributed by atoms with Gasteiger partial charge >= 0.3 is 0 Å². The van der Waals surface area contributed by atoms with Crippen LogP contribution in [-0.2, 0) is 13.0 Å². The summed E-state index contributed by atoms with van der Waals surface area (Å²) in [6.07, 6.45) is 5.23. The summed E-state index contributed by atoms with van der Waals surface area (Å²) in [7, 11) is 0. The van der Waals surface area contributed by atoms with E-state index < -0.39 is 10.8 Å². The van der Waals surface area contributed by atoms with E-state index in [-0.39, 0.29) is 16.3 Å². The van der Waals surface area contributed by atoms with Crippen LogP contribution in [0.4, 0.5) is 11.4 Å². The fourth-order valence-electron chi connectivity index (χ4n) is 3.35. The molecule has 1 amide bonds.